The van der Waals surface area contributed by atoms with Crippen molar-refractivity contribution in [1.82, 2.24) is 0 Å². The third-order valence-electron chi connectivity index (χ3n) is 18.5. The second kappa shape index (κ2) is 12.7. The van der Waals surface area contributed by atoms with Gasteiger partial charge >= 0.3 is 0 Å². The highest BCUT2D eigenvalue weighted by atomic mass is 15.2. The molecule has 0 unspecified atom stereocenters. The van der Waals surface area contributed by atoms with Gasteiger partial charge in [-0.15, -0.1) is 0 Å². The summed E-state index contributed by atoms with van der Waals surface area (Å²) in [7, 11) is 0. The van der Waals surface area contributed by atoms with Gasteiger partial charge in [0.2, 0.25) is 0 Å². The SMILES string of the molecule is c1ccc(N2c3ccc(C45CC6CC(CC(C6)C4)C5)cc3B3c4ccccc4N(c4ccc(C56CC7CC(CC(C7)C5)C6)cc4)c4cc(C5CCCCC5)cc2c43)cc1. The molecule has 3 heteroatoms. The van der Waals surface area contributed by atoms with Crippen LogP contribution in [0.3, 0.4) is 0 Å². The van der Waals surface area contributed by atoms with Gasteiger partial charge in [0.15, 0.2) is 0 Å². The van der Waals surface area contributed by atoms with E-state index >= 15 is 0 Å². The molecule has 0 spiro atoms. The molecule has 5 aromatic carbocycles. The van der Waals surface area contributed by atoms with Crippen molar-refractivity contribution in [3.63, 3.8) is 0 Å². The summed E-state index contributed by atoms with van der Waals surface area (Å²) in [6, 6.07) is 44.4. The first kappa shape index (κ1) is 34.5. The Labute approximate surface area is 352 Å². The number of rotatable bonds is 5. The number of hydrogen-bond donors (Lipinski definition) is 0. The van der Waals surface area contributed by atoms with Gasteiger partial charge in [0.1, 0.15) is 0 Å². The van der Waals surface area contributed by atoms with E-state index in [1.165, 1.54) is 160 Å². The molecule has 59 heavy (non-hydrogen) atoms. The van der Waals surface area contributed by atoms with Crippen LogP contribution >= 0.6 is 0 Å². The highest BCUT2D eigenvalue weighted by Gasteiger charge is 2.54. The van der Waals surface area contributed by atoms with E-state index in [2.05, 4.69) is 119 Å². The molecule has 0 atom stereocenters. The molecule has 9 fully saturated rings. The van der Waals surface area contributed by atoms with E-state index in [9.17, 15) is 0 Å². The van der Waals surface area contributed by atoms with E-state index in [4.69, 9.17) is 0 Å². The van der Waals surface area contributed by atoms with Gasteiger partial charge in [0.25, 0.3) is 6.71 Å². The fraction of sp³-hybridized carbons (Fsp3) is 0.464. The minimum Gasteiger partial charge on any atom is -0.311 e. The first-order valence-corrected chi connectivity index (χ1v) is 24.2. The number of nitrogens with zero attached hydrogens (tertiary/aromatic N) is 2. The third kappa shape index (κ3) is 5.12. The molecular weight excluding hydrogens is 711 g/mol. The Bertz CT molecular complexity index is 2410. The number of benzene rings is 5. The lowest BCUT2D eigenvalue weighted by Crippen LogP contribution is -2.61. The van der Waals surface area contributed by atoms with Crippen LogP contribution in [0.1, 0.15) is 132 Å². The standard InChI is InChI=1S/C56H59BN2/c1-3-9-42(10-4-1)43-27-52-54-53(28-43)59(47-18-15-44(16-19-47)55-30-36-21-37(31-55)23-38(22-36)32-55)50-14-8-7-13-48(50)57(54)49-29-45(17-20-51(49)58(52)46-11-5-2-6-12-46)56-33-39-24-40(34-56)26-41(25-39)35-56/h2,5-8,11-20,27-29,36-42H,1,3-4,9-10,21-26,30-35H2. The Morgan fingerprint density at radius 1 is 0.424 bits per heavy atom. The predicted octanol–water partition coefficient (Wildman–Crippen LogP) is 12.8. The fourth-order valence-corrected chi connectivity index (χ4v) is 17.0. The zero-order chi connectivity index (χ0) is 38.5. The smallest absolute Gasteiger partial charge is 0.252 e. The molecule has 11 aliphatic rings. The van der Waals surface area contributed by atoms with Gasteiger partial charge in [0, 0.05) is 34.1 Å². The lowest BCUT2D eigenvalue weighted by molar-refractivity contribution is -0.00528. The quantitative estimate of drug-likeness (QED) is 0.161. The van der Waals surface area contributed by atoms with Crippen LogP contribution in [0.25, 0.3) is 0 Å². The maximum absolute atomic E-state index is 2.76. The monoisotopic (exact) mass is 770 g/mol. The van der Waals surface area contributed by atoms with Gasteiger partial charge in [-0.25, -0.2) is 0 Å². The van der Waals surface area contributed by atoms with Crippen LogP contribution in [0.5, 0.6) is 0 Å². The van der Waals surface area contributed by atoms with Crippen molar-refractivity contribution < 1.29 is 0 Å². The summed E-state index contributed by atoms with van der Waals surface area (Å²) in [4.78, 5) is 5.39. The summed E-state index contributed by atoms with van der Waals surface area (Å²) >= 11 is 0. The molecule has 0 saturated heterocycles. The Hall–Kier alpha value is -4.24. The van der Waals surface area contributed by atoms with E-state index in [0.717, 1.165) is 35.5 Å². The van der Waals surface area contributed by atoms with E-state index in [1.54, 1.807) is 16.7 Å². The van der Waals surface area contributed by atoms with Crippen LogP contribution in [0.4, 0.5) is 34.1 Å². The largest absolute Gasteiger partial charge is 0.311 e. The minimum absolute atomic E-state index is 0.197. The summed E-state index contributed by atoms with van der Waals surface area (Å²) < 4.78 is 0. The lowest BCUT2D eigenvalue weighted by Gasteiger charge is -2.57. The molecule has 8 bridgehead atoms. The average molecular weight is 771 g/mol. The Kier molecular flexibility index (Phi) is 7.39. The van der Waals surface area contributed by atoms with Gasteiger partial charge in [-0.05, 0) is 224 Å². The zero-order valence-electron chi connectivity index (χ0n) is 34.9. The van der Waals surface area contributed by atoms with Crippen molar-refractivity contribution >= 4 is 57.2 Å². The van der Waals surface area contributed by atoms with Crippen LogP contribution in [-0.4, -0.2) is 6.71 Å². The highest BCUT2D eigenvalue weighted by molar-refractivity contribution is 7.00. The molecular formula is C56H59BN2. The molecule has 16 rings (SSSR count). The van der Waals surface area contributed by atoms with Gasteiger partial charge in [-0.2, -0.15) is 0 Å². The number of fused-ring (bicyclic) bond motifs is 4. The second-order valence-electron chi connectivity index (χ2n) is 22.0. The Balaban J connectivity index is 0.973. The summed E-state index contributed by atoms with van der Waals surface area (Å²) in [5.74, 6) is 6.28. The van der Waals surface area contributed by atoms with Crippen molar-refractivity contribution in [3.8, 4) is 0 Å². The molecule has 296 valence electrons. The number of anilines is 6. The summed E-state index contributed by atoms with van der Waals surface area (Å²) in [5.41, 5.74) is 18.3. The van der Waals surface area contributed by atoms with Crippen LogP contribution in [0, 0.1) is 35.5 Å². The molecule has 9 aliphatic carbocycles. The summed E-state index contributed by atoms with van der Waals surface area (Å²) in [6.45, 7) is 0.197. The maximum atomic E-state index is 2.76. The van der Waals surface area contributed by atoms with Crippen LogP contribution < -0.4 is 26.2 Å². The molecule has 0 amide bonds. The van der Waals surface area contributed by atoms with E-state index < -0.39 is 0 Å². The van der Waals surface area contributed by atoms with Gasteiger partial charge in [-0.1, -0.05) is 79.9 Å². The van der Waals surface area contributed by atoms with Crippen molar-refractivity contribution in [2.24, 2.45) is 35.5 Å². The molecule has 0 N–H and O–H groups in total. The van der Waals surface area contributed by atoms with E-state index in [0.29, 0.717) is 16.7 Å². The Morgan fingerprint density at radius 2 is 0.915 bits per heavy atom. The normalized spacial score (nSPS) is 33.3. The first-order valence-electron chi connectivity index (χ1n) is 24.2. The van der Waals surface area contributed by atoms with Crippen LogP contribution in [-0.2, 0) is 10.8 Å². The molecule has 0 radical (unpaired) electrons. The Morgan fingerprint density at radius 3 is 1.51 bits per heavy atom. The fourth-order valence-electron chi connectivity index (χ4n) is 17.0. The van der Waals surface area contributed by atoms with Crippen LogP contribution in [0.15, 0.2) is 109 Å². The number of para-hydroxylation sites is 2. The van der Waals surface area contributed by atoms with Crippen molar-refractivity contribution in [2.45, 2.75) is 126 Å². The lowest BCUT2D eigenvalue weighted by atomic mass is 9.33. The van der Waals surface area contributed by atoms with Crippen molar-refractivity contribution in [3.05, 3.63) is 126 Å². The molecule has 2 heterocycles. The van der Waals surface area contributed by atoms with Gasteiger partial charge in [-0.3, -0.25) is 0 Å². The highest BCUT2D eigenvalue weighted by Crippen LogP contribution is 2.62. The maximum Gasteiger partial charge on any atom is 0.252 e. The number of hydrogen-bond acceptors (Lipinski definition) is 2. The third-order valence-corrected chi connectivity index (χ3v) is 18.5. The van der Waals surface area contributed by atoms with E-state index in [1.807, 2.05) is 0 Å². The van der Waals surface area contributed by atoms with Crippen molar-refractivity contribution in [2.75, 3.05) is 9.80 Å². The summed E-state index contributed by atoms with van der Waals surface area (Å²) in [5, 5.41) is 0. The summed E-state index contributed by atoms with van der Waals surface area (Å²) in [6.07, 6.45) is 24.1. The first-order chi connectivity index (χ1) is 29.1. The molecule has 5 aromatic rings. The second-order valence-corrected chi connectivity index (χ2v) is 22.0. The zero-order valence-corrected chi connectivity index (χ0v) is 34.9. The molecule has 9 saturated carbocycles. The predicted molar refractivity (Wildman–Crippen MR) is 246 cm³/mol. The van der Waals surface area contributed by atoms with Gasteiger partial charge < -0.3 is 9.80 Å². The van der Waals surface area contributed by atoms with Gasteiger partial charge in [0.05, 0.1) is 0 Å². The molecule has 2 nitrogen and oxygen atoms in total. The molecule has 0 aromatic heterocycles. The van der Waals surface area contributed by atoms with E-state index in [-0.39, 0.29) is 6.71 Å². The topological polar surface area (TPSA) is 6.48 Å². The minimum atomic E-state index is 0.197. The van der Waals surface area contributed by atoms with Crippen LogP contribution in [0.2, 0.25) is 0 Å². The molecule has 2 aliphatic heterocycles. The van der Waals surface area contributed by atoms with Crippen molar-refractivity contribution in [1.29, 1.82) is 0 Å². The average Bonchev–Trinajstić information content (AvgIpc) is 3.26.